The van der Waals surface area contributed by atoms with Gasteiger partial charge in [-0.15, -0.1) is 0 Å². The Balaban J connectivity index is 1.12. The van der Waals surface area contributed by atoms with Crippen LogP contribution in [0.4, 0.5) is 0 Å². The first-order valence-electron chi connectivity index (χ1n) is 20.0. The summed E-state index contributed by atoms with van der Waals surface area (Å²) in [6, 6.07) is 54.2. The molecule has 2 unspecified atom stereocenters. The van der Waals surface area contributed by atoms with Crippen molar-refractivity contribution in [3.63, 3.8) is 0 Å². The topological polar surface area (TPSA) is 86.2 Å². The van der Waals surface area contributed by atoms with Gasteiger partial charge < -0.3 is 0 Å². The summed E-state index contributed by atoms with van der Waals surface area (Å²) in [6.45, 7) is 4.89. The van der Waals surface area contributed by atoms with Crippen molar-refractivity contribution in [1.82, 2.24) is 15.0 Å². The molecule has 276 valence electrons. The number of hydrogen-bond donors (Lipinski definition) is 0. The quantitative estimate of drug-likeness (QED) is 0.163. The zero-order valence-corrected chi connectivity index (χ0v) is 32.4. The Morgan fingerprint density at radius 3 is 1.33 bits per heavy atom. The third-order valence-corrected chi connectivity index (χ3v) is 12.1. The third-order valence-electron chi connectivity index (χ3n) is 12.1. The van der Waals surface area contributed by atoms with Crippen molar-refractivity contribution >= 4 is 0 Å². The van der Waals surface area contributed by atoms with Gasteiger partial charge in [-0.05, 0) is 131 Å². The van der Waals surface area contributed by atoms with Gasteiger partial charge in [0.25, 0.3) is 0 Å². The van der Waals surface area contributed by atoms with Crippen molar-refractivity contribution in [3.8, 4) is 79.7 Å². The fraction of sp³-hybridized carbons (Fsp3) is 0.212. The van der Waals surface area contributed by atoms with E-state index in [0.29, 0.717) is 39.6 Å². The smallest absolute Gasteiger partial charge is 0.164 e. The molecule has 0 spiro atoms. The van der Waals surface area contributed by atoms with E-state index in [1.165, 1.54) is 43.2 Å². The molecule has 0 amide bonds. The number of aromatic nitrogens is 3. The lowest BCUT2D eigenvalue weighted by Gasteiger charge is -2.50. The fourth-order valence-corrected chi connectivity index (χ4v) is 9.89. The van der Waals surface area contributed by atoms with E-state index in [0.717, 1.165) is 56.7 Å². The average Bonchev–Trinajstić information content (AvgIpc) is 3.26. The number of fused-ring (bicyclic) bond motifs is 2. The molecule has 2 aliphatic carbocycles. The molecule has 0 radical (unpaired) electrons. The SMILES string of the molecule is C[C@@H]1CC2C[C@H](C)CC(c3ccc(-c4ccc(-c5nc(-c6cc(C#N)cc(C#N)c6)nc(-c6cc(-c7ccccc7)cc(-c7ccccc7)c6)n5)cc4)cc3)(C2)C1. The highest BCUT2D eigenvalue weighted by atomic mass is 15.0. The molecule has 5 nitrogen and oxygen atoms in total. The number of hydrogen-bond acceptors (Lipinski definition) is 5. The zero-order chi connectivity index (χ0) is 38.9. The number of benzene rings is 6. The van der Waals surface area contributed by atoms with Crippen molar-refractivity contribution in [2.24, 2.45) is 17.8 Å². The molecule has 1 heterocycles. The van der Waals surface area contributed by atoms with Crippen LogP contribution in [0.15, 0.2) is 146 Å². The first-order chi connectivity index (χ1) is 27.8. The van der Waals surface area contributed by atoms with Gasteiger partial charge in [-0.1, -0.05) is 123 Å². The van der Waals surface area contributed by atoms with Crippen LogP contribution in [0.2, 0.25) is 0 Å². The summed E-state index contributed by atoms with van der Waals surface area (Å²) in [4.78, 5) is 15.1. The van der Waals surface area contributed by atoms with Gasteiger partial charge in [0.15, 0.2) is 17.5 Å². The maximum Gasteiger partial charge on any atom is 0.164 e. The van der Waals surface area contributed by atoms with Crippen LogP contribution in [0.3, 0.4) is 0 Å². The van der Waals surface area contributed by atoms with Crippen LogP contribution in [0, 0.1) is 40.4 Å². The van der Waals surface area contributed by atoms with E-state index in [2.05, 4.69) is 117 Å². The van der Waals surface area contributed by atoms with E-state index >= 15 is 0 Å². The van der Waals surface area contributed by atoms with Crippen LogP contribution in [0.1, 0.15) is 62.6 Å². The molecule has 6 aromatic carbocycles. The summed E-state index contributed by atoms with van der Waals surface area (Å²) in [7, 11) is 0. The second-order valence-electron chi connectivity index (χ2n) is 16.5. The van der Waals surface area contributed by atoms with Crippen molar-refractivity contribution in [2.45, 2.75) is 51.4 Å². The van der Waals surface area contributed by atoms with Crippen LogP contribution in [-0.2, 0) is 5.41 Å². The van der Waals surface area contributed by atoms with Crippen LogP contribution >= 0.6 is 0 Å². The predicted molar refractivity (Wildman–Crippen MR) is 228 cm³/mol. The minimum Gasteiger partial charge on any atom is -0.208 e. The van der Waals surface area contributed by atoms with Crippen LogP contribution in [-0.4, -0.2) is 15.0 Å². The van der Waals surface area contributed by atoms with Gasteiger partial charge in [0.05, 0.1) is 23.3 Å². The van der Waals surface area contributed by atoms with Crippen molar-refractivity contribution in [2.75, 3.05) is 0 Å². The molecule has 5 heteroatoms. The normalized spacial score (nSPS) is 20.0. The summed E-state index contributed by atoms with van der Waals surface area (Å²) in [6.07, 6.45) is 6.67. The van der Waals surface area contributed by atoms with Gasteiger partial charge in [0, 0.05) is 16.7 Å². The van der Waals surface area contributed by atoms with Gasteiger partial charge in [-0.25, -0.2) is 15.0 Å². The Morgan fingerprint density at radius 1 is 0.439 bits per heavy atom. The van der Waals surface area contributed by atoms with Crippen LogP contribution in [0.5, 0.6) is 0 Å². The minimum absolute atomic E-state index is 0.305. The Kier molecular flexibility index (Phi) is 9.53. The molecule has 2 bridgehead atoms. The highest BCUT2D eigenvalue weighted by molar-refractivity contribution is 5.80. The number of nitrogens with zero attached hydrogens (tertiary/aromatic N) is 5. The predicted octanol–water partition coefficient (Wildman–Crippen LogP) is 12.7. The summed E-state index contributed by atoms with van der Waals surface area (Å²) in [5.74, 6) is 3.82. The van der Waals surface area contributed by atoms with Gasteiger partial charge in [-0.2, -0.15) is 10.5 Å². The zero-order valence-electron chi connectivity index (χ0n) is 32.4. The molecule has 7 aromatic rings. The molecular formula is C52H43N5. The van der Waals surface area contributed by atoms with Crippen LogP contribution < -0.4 is 0 Å². The summed E-state index contributed by atoms with van der Waals surface area (Å²) < 4.78 is 0. The molecular weight excluding hydrogens is 695 g/mol. The first kappa shape index (κ1) is 36.0. The fourth-order valence-electron chi connectivity index (χ4n) is 9.89. The molecule has 4 atom stereocenters. The van der Waals surface area contributed by atoms with Gasteiger partial charge in [0.2, 0.25) is 0 Å². The van der Waals surface area contributed by atoms with E-state index in [1.807, 2.05) is 36.4 Å². The third kappa shape index (κ3) is 7.38. The standard InChI is InChI=1S/C52H43N5/c1-34-21-36-22-35(2)30-52(29-34,31-36)48-19-17-42(18-20-48)41-13-15-43(16-14-41)49-55-50(46-24-37(32-53)23-38(25-46)33-54)57-51(56-49)47-27-44(39-9-5-3-6-10-39)26-45(28-47)40-11-7-4-8-12-40/h3-20,23-28,34-36H,21-22,29-31H2,1-2H3/t34-,35+,36?,52?. The largest absolute Gasteiger partial charge is 0.208 e. The molecule has 0 N–H and O–H groups in total. The Bertz CT molecular complexity index is 2540. The molecule has 2 fully saturated rings. The molecule has 9 rings (SSSR count). The van der Waals surface area contributed by atoms with E-state index < -0.39 is 0 Å². The van der Waals surface area contributed by atoms with E-state index in [-0.39, 0.29) is 0 Å². The number of rotatable bonds is 7. The maximum atomic E-state index is 9.82. The van der Waals surface area contributed by atoms with Crippen molar-refractivity contribution < 1.29 is 0 Å². The highest BCUT2D eigenvalue weighted by Crippen LogP contribution is 2.54. The van der Waals surface area contributed by atoms with E-state index in [1.54, 1.807) is 18.2 Å². The summed E-state index contributed by atoms with van der Waals surface area (Å²) in [5, 5.41) is 19.6. The second-order valence-corrected chi connectivity index (χ2v) is 16.5. The van der Waals surface area contributed by atoms with Gasteiger partial charge in [-0.3, -0.25) is 0 Å². The average molecular weight is 738 g/mol. The van der Waals surface area contributed by atoms with Crippen molar-refractivity contribution in [3.05, 3.63) is 162 Å². The van der Waals surface area contributed by atoms with E-state index in [4.69, 9.17) is 15.0 Å². The molecule has 57 heavy (non-hydrogen) atoms. The Labute approximate surface area is 335 Å². The van der Waals surface area contributed by atoms with Crippen molar-refractivity contribution in [1.29, 1.82) is 10.5 Å². The summed E-state index contributed by atoms with van der Waals surface area (Å²) in [5.41, 5.74) is 11.4. The maximum absolute atomic E-state index is 9.82. The second kappa shape index (κ2) is 15.1. The lowest BCUT2D eigenvalue weighted by Crippen LogP contribution is -2.42. The Hall–Kier alpha value is -6.69. The molecule has 1 aromatic heterocycles. The molecule has 2 aliphatic rings. The highest BCUT2D eigenvalue weighted by Gasteiger charge is 2.45. The molecule has 2 saturated carbocycles. The number of nitriles is 2. The molecule has 0 aliphatic heterocycles. The monoisotopic (exact) mass is 737 g/mol. The van der Waals surface area contributed by atoms with Gasteiger partial charge >= 0.3 is 0 Å². The lowest BCUT2D eigenvalue weighted by molar-refractivity contribution is 0.0780. The first-order valence-corrected chi connectivity index (χ1v) is 20.0. The molecule has 0 saturated heterocycles. The minimum atomic E-state index is 0.305. The lowest BCUT2D eigenvalue weighted by atomic mass is 9.54. The Morgan fingerprint density at radius 2 is 0.842 bits per heavy atom. The van der Waals surface area contributed by atoms with Crippen LogP contribution in [0.25, 0.3) is 67.5 Å². The van der Waals surface area contributed by atoms with E-state index in [9.17, 15) is 10.5 Å². The van der Waals surface area contributed by atoms with Gasteiger partial charge in [0.1, 0.15) is 0 Å². The summed E-state index contributed by atoms with van der Waals surface area (Å²) >= 11 is 0.